The van der Waals surface area contributed by atoms with Crippen LogP contribution in [0.15, 0.2) is 0 Å². The lowest BCUT2D eigenvalue weighted by molar-refractivity contribution is -0.150. The predicted molar refractivity (Wildman–Crippen MR) is 60.6 cm³/mol. The van der Waals surface area contributed by atoms with Crippen LogP contribution in [0.5, 0.6) is 0 Å². The number of thiol groups is 1. The van der Waals surface area contributed by atoms with E-state index in [2.05, 4.69) is 19.6 Å². The third-order valence-electron chi connectivity index (χ3n) is 2.94. The molecule has 1 fully saturated rings. The monoisotopic (exact) mass is 216 g/mol. The fraction of sp³-hybridized carbons (Fsp3) is 0.909. The van der Waals surface area contributed by atoms with Gasteiger partial charge in [0.05, 0.1) is 5.25 Å². The summed E-state index contributed by atoms with van der Waals surface area (Å²) in [5, 5.41) is -0.294. The van der Waals surface area contributed by atoms with Crippen LogP contribution in [0.3, 0.4) is 0 Å². The molecule has 0 radical (unpaired) electrons. The molecular weight excluding hydrogens is 196 g/mol. The smallest absolute Gasteiger partial charge is 0.318 e. The lowest BCUT2D eigenvalue weighted by Crippen LogP contribution is -2.28. The molecule has 0 amide bonds. The molecule has 0 bridgehead atoms. The van der Waals surface area contributed by atoms with Gasteiger partial charge < -0.3 is 4.74 Å². The Balaban J connectivity index is 2.34. The number of rotatable bonds is 3. The maximum atomic E-state index is 11.3. The highest BCUT2D eigenvalue weighted by atomic mass is 32.1. The summed E-state index contributed by atoms with van der Waals surface area (Å²) in [4.78, 5) is 11.3. The first-order valence-electron chi connectivity index (χ1n) is 5.52. The summed E-state index contributed by atoms with van der Waals surface area (Å²) in [7, 11) is 0. The third-order valence-corrected chi connectivity index (χ3v) is 3.15. The number of hydrogen-bond acceptors (Lipinski definition) is 3. The molecule has 1 aliphatic rings. The summed E-state index contributed by atoms with van der Waals surface area (Å²) in [6.07, 6.45) is 5.91. The van der Waals surface area contributed by atoms with E-state index < -0.39 is 0 Å². The van der Waals surface area contributed by atoms with Gasteiger partial charge in [0.2, 0.25) is 0 Å². The molecule has 0 aromatic carbocycles. The van der Waals surface area contributed by atoms with Crippen LogP contribution in [0.2, 0.25) is 0 Å². The SMILES string of the molecule is CCC1CCCC(OC(=O)C(C)S)C1. The normalized spacial score (nSPS) is 29.6. The van der Waals surface area contributed by atoms with Gasteiger partial charge in [0.15, 0.2) is 0 Å². The first kappa shape index (κ1) is 11.9. The number of ether oxygens (including phenoxy) is 1. The van der Waals surface area contributed by atoms with E-state index in [0.29, 0.717) is 0 Å². The molecule has 82 valence electrons. The summed E-state index contributed by atoms with van der Waals surface area (Å²) in [5.41, 5.74) is 0. The Morgan fingerprint density at radius 3 is 2.86 bits per heavy atom. The van der Waals surface area contributed by atoms with Crippen molar-refractivity contribution in [2.75, 3.05) is 0 Å². The Bertz CT molecular complexity index is 192. The third kappa shape index (κ3) is 3.52. The molecule has 1 aliphatic carbocycles. The standard InChI is InChI=1S/C11H20O2S/c1-3-9-5-4-6-10(7-9)13-11(12)8(2)14/h8-10,14H,3-7H2,1-2H3. The zero-order valence-electron chi connectivity index (χ0n) is 9.03. The Kier molecular flexibility index (Phi) is 4.79. The molecule has 14 heavy (non-hydrogen) atoms. The molecule has 2 nitrogen and oxygen atoms in total. The first-order valence-corrected chi connectivity index (χ1v) is 6.03. The van der Waals surface area contributed by atoms with E-state index in [0.717, 1.165) is 18.8 Å². The molecule has 0 aliphatic heterocycles. The van der Waals surface area contributed by atoms with Crippen molar-refractivity contribution in [2.24, 2.45) is 5.92 Å². The second-order valence-electron chi connectivity index (χ2n) is 4.18. The van der Waals surface area contributed by atoms with E-state index in [4.69, 9.17) is 4.74 Å². The molecule has 3 atom stereocenters. The maximum Gasteiger partial charge on any atom is 0.318 e. The van der Waals surface area contributed by atoms with Gasteiger partial charge in [-0.25, -0.2) is 0 Å². The van der Waals surface area contributed by atoms with Crippen molar-refractivity contribution in [1.29, 1.82) is 0 Å². The minimum Gasteiger partial charge on any atom is -0.462 e. The molecule has 0 aromatic heterocycles. The van der Waals surface area contributed by atoms with Crippen molar-refractivity contribution in [1.82, 2.24) is 0 Å². The summed E-state index contributed by atoms with van der Waals surface area (Å²) in [5.74, 6) is 0.576. The summed E-state index contributed by atoms with van der Waals surface area (Å²) in [6, 6.07) is 0. The largest absolute Gasteiger partial charge is 0.462 e. The van der Waals surface area contributed by atoms with Crippen LogP contribution in [0.1, 0.15) is 46.0 Å². The van der Waals surface area contributed by atoms with Gasteiger partial charge in [0, 0.05) is 0 Å². The van der Waals surface area contributed by atoms with E-state index in [1.165, 1.54) is 19.3 Å². The average molecular weight is 216 g/mol. The Morgan fingerprint density at radius 2 is 2.29 bits per heavy atom. The molecule has 3 heteroatoms. The van der Waals surface area contributed by atoms with Gasteiger partial charge in [0.25, 0.3) is 0 Å². The van der Waals surface area contributed by atoms with Crippen molar-refractivity contribution in [3.63, 3.8) is 0 Å². The summed E-state index contributed by atoms with van der Waals surface area (Å²) in [6.45, 7) is 3.96. The van der Waals surface area contributed by atoms with Crippen LogP contribution in [0, 0.1) is 5.92 Å². The van der Waals surface area contributed by atoms with Gasteiger partial charge in [-0.15, -0.1) is 0 Å². The van der Waals surface area contributed by atoms with Gasteiger partial charge in [0.1, 0.15) is 6.10 Å². The van der Waals surface area contributed by atoms with Gasteiger partial charge in [-0.05, 0) is 32.1 Å². The fourth-order valence-corrected chi connectivity index (χ4v) is 2.04. The molecule has 1 rings (SSSR count). The second kappa shape index (κ2) is 5.64. The van der Waals surface area contributed by atoms with Gasteiger partial charge in [-0.2, -0.15) is 12.6 Å². The van der Waals surface area contributed by atoms with Crippen molar-refractivity contribution >= 4 is 18.6 Å². The van der Waals surface area contributed by atoms with Crippen LogP contribution in [0.25, 0.3) is 0 Å². The second-order valence-corrected chi connectivity index (χ2v) is 4.95. The molecule has 1 saturated carbocycles. The quantitative estimate of drug-likeness (QED) is 0.580. The van der Waals surface area contributed by atoms with E-state index in [1.807, 2.05) is 0 Å². The minimum atomic E-state index is -0.294. The van der Waals surface area contributed by atoms with Crippen LogP contribution in [-0.2, 0) is 9.53 Å². The predicted octanol–water partition coefficient (Wildman–Crippen LogP) is 2.82. The number of hydrogen-bond donors (Lipinski definition) is 1. The zero-order valence-corrected chi connectivity index (χ0v) is 9.93. The lowest BCUT2D eigenvalue weighted by Gasteiger charge is -2.28. The molecule has 0 heterocycles. The highest BCUT2D eigenvalue weighted by molar-refractivity contribution is 7.81. The molecule has 0 aromatic rings. The van der Waals surface area contributed by atoms with Crippen molar-refractivity contribution in [3.8, 4) is 0 Å². The topological polar surface area (TPSA) is 26.3 Å². The van der Waals surface area contributed by atoms with Crippen LogP contribution < -0.4 is 0 Å². The van der Waals surface area contributed by atoms with E-state index in [-0.39, 0.29) is 17.3 Å². The van der Waals surface area contributed by atoms with Gasteiger partial charge >= 0.3 is 5.97 Å². The first-order chi connectivity index (χ1) is 6.63. The van der Waals surface area contributed by atoms with Crippen LogP contribution >= 0.6 is 12.6 Å². The Morgan fingerprint density at radius 1 is 1.57 bits per heavy atom. The highest BCUT2D eigenvalue weighted by Crippen LogP contribution is 2.28. The van der Waals surface area contributed by atoms with E-state index in [9.17, 15) is 4.79 Å². The molecular formula is C11H20O2S. The number of esters is 1. The number of carbonyl (C=O) groups is 1. The van der Waals surface area contributed by atoms with E-state index in [1.54, 1.807) is 6.92 Å². The zero-order chi connectivity index (χ0) is 10.6. The van der Waals surface area contributed by atoms with Crippen molar-refractivity contribution < 1.29 is 9.53 Å². The number of carbonyl (C=O) groups excluding carboxylic acids is 1. The van der Waals surface area contributed by atoms with Crippen molar-refractivity contribution in [3.05, 3.63) is 0 Å². The Hall–Kier alpha value is -0.180. The average Bonchev–Trinajstić information content (AvgIpc) is 2.18. The molecule has 0 spiro atoms. The fourth-order valence-electron chi connectivity index (χ4n) is 1.98. The summed E-state index contributed by atoms with van der Waals surface area (Å²) < 4.78 is 5.37. The minimum absolute atomic E-state index is 0.149. The maximum absolute atomic E-state index is 11.3. The molecule has 0 saturated heterocycles. The van der Waals surface area contributed by atoms with Gasteiger partial charge in [-0.3, -0.25) is 4.79 Å². The van der Waals surface area contributed by atoms with Gasteiger partial charge in [-0.1, -0.05) is 19.8 Å². The highest BCUT2D eigenvalue weighted by Gasteiger charge is 2.24. The van der Waals surface area contributed by atoms with Crippen molar-refractivity contribution in [2.45, 2.75) is 57.3 Å². The molecule has 0 N–H and O–H groups in total. The molecule has 3 unspecified atom stereocenters. The van der Waals surface area contributed by atoms with Crippen LogP contribution in [-0.4, -0.2) is 17.3 Å². The lowest BCUT2D eigenvalue weighted by atomic mass is 9.85. The van der Waals surface area contributed by atoms with E-state index >= 15 is 0 Å². The summed E-state index contributed by atoms with van der Waals surface area (Å²) >= 11 is 4.06. The Labute approximate surface area is 91.8 Å². The van der Waals surface area contributed by atoms with Crippen LogP contribution in [0.4, 0.5) is 0 Å².